The van der Waals surface area contributed by atoms with E-state index in [-0.39, 0.29) is 19.6 Å². The largest absolute Gasteiger partial charge is 0.481 e. The van der Waals surface area contributed by atoms with Crippen molar-refractivity contribution in [1.29, 1.82) is 0 Å². The highest BCUT2D eigenvalue weighted by Crippen LogP contribution is 2.27. The summed E-state index contributed by atoms with van der Waals surface area (Å²) in [6, 6.07) is 0. The van der Waals surface area contributed by atoms with Crippen LogP contribution in [-0.2, 0) is 9.59 Å². The molecule has 0 bridgehead atoms. The molecule has 0 heterocycles. The number of Topliss-reactive ketones (excluding diaryl/α,β-unsaturated/α-hetero) is 1. The van der Waals surface area contributed by atoms with Gasteiger partial charge in [0, 0.05) is 11.8 Å². The minimum Gasteiger partial charge on any atom is -0.481 e. The van der Waals surface area contributed by atoms with E-state index in [0.29, 0.717) is 0 Å². The Bertz CT molecular complexity index is 221. The molecule has 3 nitrogen and oxygen atoms in total. The van der Waals surface area contributed by atoms with Crippen molar-refractivity contribution in [1.82, 2.24) is 0 Å². The van der Waals surface area contributed by atoms with Crippen molar-refractivity contribution in [3.05, 3.63) is 0 Å². The highest BCUT2D eigenvalue weighted by molar-refractivity contribution is 5.88. The van der Waals surface area contributed by atoms with Gasteiger partial charge in [0.05, 0.1) is 5.41 Å². The monoisotopic (exact) mass is 202 g/mol. The number of carboxylic acids is 1. The lowest BCUT2D eigenvalue weighted by atomic mass is 9.79. The molecule has 1 N–H and O–H groups in total. The molecule has 0 rings (SSSR count). The first-order chi connectivity index (χ1) is 5.57. The first kappa shape index (κ1) is 15.6. The van der Waals surface area contributed by atoms with E-state index < -0.39 is 16.8 Å². The summed E-state index contributed by atoms with van der Waals surface area (Å²) in [5.74, 6) is -0.940. The Kier molecular flexibility index (Phi) is 5.10. The molecule has 0 aliphatic carbocycles. The van der Waals surface area contributed by atoms with Gasteiger partial charge in [-0.05, 0) is 13.8 Å². The lowest BCUT2D eigenvalue weighted by Gasteiger charge is -2.23. The van der Waals surface area contributed by atoms with Gasteiger partial charge in [-0.15, -0.1) is 0 Å². The third-order valence-corrected chi connectivity index (χ3v) is 2.02. The molecule has 0 fully saturated rings. The average Bonchev–Trinajstić information content (AvgIpc) is 1.83. The molecule has 0 aliphatic rings. The van der Waals surface area contributed by atoms with Crippen LogP contribution in [-0.4, -0.2) is 16.9 Å². The summed E-state index contributed by atoms with van der Waals surface area (Å²) in [6.45, 7) is 8.53. The van der Waals surface area contributed by atoms with E-state index in [9.17, 15) is 9.59 Å². The Balaban J connectivity index is 0. The predicted molar refractivity (Wildman–Crippen MR) is 57.2 cm³/mol. The van der Waals surface area contributed by atoms with E-state index >= 15 is 0 Å². The van der Waals surface area contributed by atoms with Crippen LogP contribution in [0.3, 0.4) is 0 Å². The summed E-state index contributed by atoms with van der Waals surface area (Å²) in [4.78, 5) is 22.3. The van der Waals surface area contributed by atoms with Gasteiger partial charge in [0.15, 0.2) is 0 Å². The van der Waals surface area contributed by atoms with E-state index in [1.54, 1.807) is 34.6 Å². The fourth-order valence-corrected chi connectivity index (χ4v) is 0.742. The van der Waals surface area contributed by atoms with Gasteiger partial charge >= 0.3 is 5.97 Å². The molecule has 0 aliphatic heterocycles. The number of ketones is 1. The molecule has 14 heavy (non-hydrogen) atoms. The number of carbonyl (C=O) groups is 2. The molecular formula is C11H22O3. The molecule has 84 valence electrons. The van der Waals surface area contributed by atoms with E-state index in [2.05, 4.69) is 0 Å². The summed E-state index contributed by atoms with van der Waals surface area (Å²) in [5, 5.41) is 8.80. The van der Waals surface area contributed by atoms with Crippen LogP contribution in [0, 0.1) is 10.8 Å². The molecule has 0 saturated heterocycles. The molecule has 0 saturated carbocycles. The number of hydrogen-bond donors (Lipinski definition) is 1. The molecule has 0 aromatic rings. The molecule has 3 heteroatoms. The van der Waals surface area contributed by atoms with Gasteiger partial charge in [0.1, 0.15) is 5.78 Å². The van der Waals surface area contributed by atoms with E-state index in [1.165, 1.54) is 0 Å². The Morgan fingerprint density at radius 1 is 1.07 bits per heavy atom. The van der Waals surface area contributed by atoms with Crippen LogP contribution < -0.4 is 0 Å². The van der Waals surface area contributed by atoms with Crippen LogP contribution >= 0.6 is 0 Å². The van der Waals surface area contributed by atoms with E-state index in [1.807, 2.05) is 0 Å². The van der Waals surface area contributed by atoms with Crippen molar-refractivity contribution in [3.63, 3.8) is 0 Å². The maximum atomic E-state index is 11.5. The second kappa shape index (κ2) is 4.58. The first-order valence-electron chi connectivity index (χ1n) is 4.34. The van der Waals surface area contributed by atoms with Gasteiger partial charge in [-0.1, -0.05) is 28.2 Å². The fourth-order valence-electron chi connectivity index (χ4n) is 0.742. The molecular weight excluding hydrogens is 180 g/mol. The highest BCUT2D eigenvalue weighted by Gasteiger charge is 2.34. The van der Waals surface area contributed by atoms with Crippen molar-refractivity contribution >= 4 is 11.8 Å². The number of hydrogen-bond acceptors (Lipinski definition) is 2. The smallest absolute Gasteiger partial charge is 0.309 e. The zero-order chi connectivity index (χ0) is 10.9. The van der Waals surface area contributed by atoms with Crippen molar-refractivity contribution < 1.29 is 14.7 Å². The normalized spacial score (nSPS) is 11.8. The molecule has 0 atom stereocenters. The quantitative estimate of drug-likeness (QED) is 0.765. The van der Waals surface area contributed by atoms with Crippen LogP contribution in [0.2, 0.25) is 0 Å². The maximum Gasteiger partial charge on any atom is 0.309 e. The molecule has 0 aromatic carbocycles. The zero-order valence-corrected chi connectivity index (χ0v) is 8.97. The Hall–Kier alpha value is -0.860. The van der Waals surface area contributed by atoms with Gasteiger partial charge in [-0.3, -0.25) is 9.59 Å². The average molecular weight is 202 g/mol. The molecule has 0 aromatic heterocycles. The van der Waals surface area contributed by atoms with Gasteiger partial charge < -0.3 is 5.11 Å². The summed E-state index contributed by atoms with van der Waals surface area (Å²) in [5.41, 5.74) is -1.41. The lowest BCUT2D eigenvalue weighted by molar-refractivity contribution is -0.150. The van der Waals surface area contributed by atoms with Gasteiger partial charge in [-0.25, -0.2) is 0 Å². The summed E-state index contributed by atoms with van der Waals surface area (Å²) < 4.78 is 0. The summed E-state index contributed by atoms with van der Waals surface area (Å²) >= 11 is 0. The van der Waals surface area contributed by atoms with Gasteiger partial charge in [-0.2, -0.15) is 0 Å². The predicted octanol–water partition coefficient (Wildman–Crippen LogP) is 2.74. The van der Waals surface area contributed by atoms with Crippen LogP contribution in [0.4, 0.5) is 0 Å². The fraction of sp³-hybridized carbons (Fsp3) is 0.818. The maximum absolute atomic E-state index is 11.5. The van der Waals surface area contributed by atoms with Crippen LogP contribution in [0.15, 0.2) is 0 Å². The Labute approximate surface area is 86.5 Å². The Morgan fingerprint density at radius 2 is 1.43 bits per heavy atom. The van der Waals surface area contributed by atoms with Crippen LogP contribution in [0.25, 0.3) is 0 Å². The third-order valence-electron chi connectivity index (χ3n) is 2.02. The van der Waals surface area contributed by atoms with Crippen molar-refractivity contribution in [2.45, 2.75) is 48.5 Å². The molecule has 0 unspecified atom stereocenters. The summed E-state index contributed by atoms with van der Waals surface area (Å²) in [6.07, 6.45) is 0.0891. The Morgan fingerprint density at radius 3 is 1.64 bits per heavy atom. The SMILES string of the molecule is C.CC(C)(C)C(=O)CC(C)(C)C(=O)O. The van der Waals surface area contributed by atoms with Crippen molar-refractivity contribution in [2.75, 3.05) is 0 Å². The third kappa shape index (κ3) is 4.40. The number of carboxylic acid groups (broad SMARTS) is 1. The number of rotatable bonds is 3. The van der Waals surface area contributed by atoms with Crippen molar-refractivity contribution in [2.24, 2.45) is 10.8 Å². The lowest BCUT2D eigenvalue weighted by Crippen LogP contribution is -2.32. The van der Waals surface area contributed by atoms with Crippen LogP contribution in [0.5, 0.6) is 0 Å². The van der Waals surface area contributed by atoms with Gasteiger partial charge in [0.2, 0.25) is 0 Å². The van der Waals surface area contributed by atoms with Crippen molar-refractivity contribution in [3.8, 4) is 0 Å². The van der Waals surface area contributed by atoms with Gasteiger partial charge in [0.25, 0.3) is 0 Å². The molecule has 0 radical (unpaired) electrons. The van der Waals surface area contributed by atoms with E-state index in [4.69, 9.17) is 5.11 Å². The second-order valence-electron chi connectivity index (χ2n) is 5.04. The topological polar surface area (TPSA) is 54.4 Å². The summed E-state index contributed by atoms with van der Waals surface area (Å²) in [7, 11) is 0. The zero-order valence-electron chi connectivity index (χ0n) is 8.97. The number of aliphatic carboxylic acids is 1. The second-order valence-corrected chi connectivity index (χ2v) is 5.04. The molecule has 0 amide bonds. The van der Waals surface area contributed by atoms with E-state index in [0.717, 1.165) is 0 Å². The van der Waals surface area contributed by atoms with Crippen LogP contribution in [0.1, 0.15) is 48.5 Å². The minimum absolute atomic E-state index is 0. The molecule has 0 spiro atoms. The minimum atomic E-state index is -0.954. The highest BCUT2D eigenvalue weighted by atomic mass is 16.4. The standard InChI is InChI=1S/C10H18O3.CH4/c1-9(2,3)7(11)6-10(4,5)8(12)13;/h6H2,1-5H3,(H,12,13);1H4. The first-order valence-corrected chi connectivity index (χ1v) is 4.34. The number of carbonyl (C=O) groups excluding carboxylic acids is 1.